The lowest BCUT2D eigenvalue weighted by molar-refractivity contribution is -0.330. The van der Waals surface area contributed by atoms with Gasteiger partial charge in [-0.05, 0) is 12.1 Å². The van der Waals surface area contributed by atoms with E-state index in [0.717, 1.165) is 6.08 Å². The van der Waals surface area contributed by atoms with Gasteiger partial charge in [-0.25, -0.2) is 9.59 Å². The molecule has 0 heterocycles. The SMILES string of the molecule is C=CC(=O)OC(CCC)OOC(=O)c1ccccc1. The van der Waals surface area contributed by atoms with Crippen LogP contribution in [0, 0.1) is 0 Å². The van der Waals surface area contributed by atoms with Crippen molar-refractivity contribution in [3.05, 3.63) is 48.6 Å². The summed E-state index contributed by atoms with van der Waals surface area (Å²) in [7, 11) is 0. The first-order valence-electron chi connectivity index (χ1n) is 5.93. The molecule has 0 bridgehead atoms. The Morgan fingerprint density at radius 2 is 2.00 bits per heavy atom. The Morgan fingerprint density at radius 3 is 2.58 bits per heavy atom. The van der Waals surface area contributed by atoms with E-state index in [1.165, 1.54) is 0 Å². The molecule has 0 N–H and O–H groups in total. The van der Waals surface area contributed by atoms with E-state index >= 15 is 0 Å². The van der Waals surface area contributed by atoms with Gasteiger partial charge in [-0.2, -0.15) is 0 Å². The van der Waals surface area contributed by atoms with Crippen LogP contribution in [0.25, 0.3) is 0 Å². The number of esters is 1. The van der Waals surface area contributed by atoms with Crippen LogP contribution in [-0.4, -0.2) is 18.2 Å². The Labute approximate surface area is 111 Å². The van der Waals surface area contributed by atoms with E-state index < -0.39 is 18.2 Å². The quantitative estimate of drug-likeness (QED) is 0.249. The monoisotopic (exact) mass is 264 g/mol. The van der Waals surface area contributed by atoms with Crippen LogP contribution in [0.15, 0.2) is 43.0 Å². The molecule has 0 radical (unpaired) electrons. The Balaban J connectivity index is 2.49. The molecule has 0 amide bonds. The molecule has 1 atom stereocenters. The summed E-state index contributed by atoms with van der Waals surface area (Å²) in [6, 6.07) is 8.38. The average Bonchev–Trinajstić information content (AvgIpc) is 2.45. The van der Waals surface area contributed by atoms with E-state index in [4.69, 9.17) is 9.62 Å². The van der Waals surface area contributed by atoms with Crippen LogP contribution in [0.1, 0.15) is 30.1 Å². The van der Waals surface area contributed by atoms with Gasteiger partial charge in [0.05, 0.1) is 5.56 Å². The average molecular weight is 264 g/mol. The molecule has 5 nitrogen and oxygen atoms in total. The van der Waals surface area contributed by atoms with Crippen molar-refractivity contribution in [3.8, 4) is 0 Å². The minimum absolute atomic E-state index is 0.354. The highest BCUT2D eigenvalue weighted by Crippen LogP contribution is 2.08. The Morgan fingerprint density at radius 1 is 1.32 bits per heavy atom. The smallest absolute Gasteiger partial charge is 0.373 e. The minimum Gasteiger partial charge on any atom is -0.429 e. The lowest BCUT2D eigenvalue weighted by Crippen LogP contribution is -2.22. The molecule has 1 aromatic rings. The van der Waals surface area contributed by atoms with Gasteiger partial charge < -0.3 is 4.74 Å². The van der Waals surface area contributed by atoms with Crippen molar-refractivity contribution in [2.45, 2.75) is 26.1 Å². The topological polar surface area (TPSA) is 61.8 Å². The van der Waals surface area contributed by atoms with E-state index in [1.54, 1.807) is 30.3 Å². The fourth-order valence-corrected chi connectivity index (χ4v) is 1.26. The number of carbonyl (C=O) groups excluding carboxylic acids is 2. The lowest BCUT2D eigenvalue weighted by Gasteiger charge is -2.14. The fraction of sp³-hybridized carbons (Fsp3) is 0.286. The van der Waals surface area contributed by atoms with Crippen molar-refractivity contribution in [1.29, 1.82) is 0 Å². The van der Waals surface area contributed by atoms with Crippen molar-refractivity contribution >= 4 is 11.9 Å². The molecule has 0 spiro atoms. The van der Waals surface area contributed by atoms with Gasteiger partial charge >= 0.3 is 11.9 Å². The first kappa shape index (κ1) is 14.9. The van der Waals surface area contributed by atoms with Crippen LogP contribution >= 0.6 is 0 Å². The van der Waals surface area contributed by atoms with Gasteiger partial charge in [0, 0.05) is 12.5 Å². The molecular weight excluding hydrogens is 248 g/mol. The normalized spacial score (nSPS) is 11.4. The van der Waals surface area contributed by atoms with Gasteiger partial charge in [-0.15, -0.1) is 4.89 Å². The number of ether oxygens (including phenoxy) is 1. The molecular formula is C14H16O5. The second kappa shape index (κ2) is 8.05. The third-order valence-corrected chi connectivity index (χ3v) is 2.18. The molecule has 0 saturated heterocycles. The Bertz CT molecular complexity index is 427. The summed E-state index contributed by atoms with van der Waals surface area (Å²) in [6.07, 6.45) is 1.22. The molecule has 0 saturated carbocycles. The highest BCUT2D eigenvalue weighted by Gasteiger charge is 2.16. The van der Waals surface area contributed by atoms with Crippen LogP contribution < -0.4 is 0 Å². The first-order chi connectivity index (χ1) is 9.17. The summed E-state index contributed by atoms with van der Waals surface area (Å²) in [5, 5.41) is 0. The standard InChI is InChI=1S/C14H16O5/c1-3-8-13(17-12(15)4-2)18-19-14(16)11-9-6-5-7-10-11/h4-7,9-10,13H,2-3,8H2,1H3. The molecule has 0 aliphatic heterocycles. The number of hydrogen-bond donors (Lipinski definition) is 0. The molecule has 102 valence electrons. The lowest BCUT2D eigenvalue weighted by atomic mass is 10.2. The zero-order chi connectivity index (χ0) is 14.1. The molecule has 1 unspecified atom stereocenters. The fourth-order valence-electron chi connectivity index (χ4n) is 1.26. The van der Waals surface area contributed by atoms with E-state index in [-0.39, 0.29) is 0 Å². The van der Waals surface area contributed by atoms with Crippen molar-refractivity contribution in [3.63, 3.8) is 0 Å². The minimum atomic E-state index is -0.928. The zero-order valence-corrected chi connectivity index (χ0v) is 10.7. The molecule has 0 aromatic heterocycles. The van der Waals surface area contributed by atoms with Crippen molar-refractivity contribution in [2.75, 3.05) is 0 Å². The van der Waals surface area contributed by atoms with Crippen LogP contribution in [-0.2, 0) is 19.3 Å². The summed E-state index contributed by atoms with van der Waals surface area (Å²) < 4.78 is 4.87. The molecule has 5 heteroatoms. The molecule has 0 aliphatic rings. The summed E-state index contributed by atoms with van der Waals surface area (Å²) in [5.74, 6) is -1.27. The van der Waals surface area contributed by atoms with E-state index in [9.17, 15) is 9.59 Å². The summed E-state index contributed by atoms with van der Waals surface area (Å²) in [6.45, 7) is 5.16. The van der Waals surface area contributed by atoms with Gasteiger partial charge in [-0.3, -0.25) is 4.89 Å². The largest absolute Gasteiger partial charge is 0.429 e. The summed E-state index contributed by atoms with van der Waals surface area (Å²) >= 11 is 0. The number of hydrogen-bond acceptors (Lipinski definition) is 5. The second-order valence-corrected chi connectivity index (χ2v) is 3.69. The van der Waals surface area contributed by atoms with Crippen molar-refractivity contribution in [2.24, 2.45) is 0 Å². The van der Waals surface area contributed by atoms with Crippen LogP contribution in [0.3, 0.4) is 0 Å². The molecule has 0 fully saturated rings. The van der Waals surface area contributed by atoms with Gasteiger partial charge in [0.25, 0.3) is 0 Å². The maximum absolute atomic E-state index is 11.6. The van der Waals surface area contributed by atoms with Crippen LogP contribution in [0.5, 0.6) is 0 Å². The summed E-state index contributed by atoms with van der Waals surface area (Å²) in [5.41, 5.74) is 0.354. The zero-order valence-electron chi connectivity index (χ0n) is 10.7. The predicted molar refractivity (Wildman–Crippen MR) is 67.9 cm³/mol. The summed E-state index contributed by atoms with van der Waals surface area (Å²) in [4.78, 5) is 32.1. The second-order valence-electron chi connectivity index (χ2n) is 3.69. The van der Waals surface area contributed by atoms with Gasteiger partial charge in [0.15, 0.2) is 0 Å². The molecule has 1 aromatic carbocycles. The van der Waals surface area contributed by atoms with Gasteiger partial charge in [-0.1, -0.05) is 38.1 Å². The van der Waals surface area contributed by atoms with Crippen LogP contribution in [0.2, 0.25) is 0 Å². The molecule has 1 rings (SSSR count). The van der Waals surface area contributed by atoms with E-state index in [0.29, 0.717) is 18.4 Å². The number of rotatable bonds is 7. The molecule has 19 heavy (non-hydrogen) atoms. The number of benzene rings is 1. The van der Waals surface area contributed by atoms with Crippen molar-refractivity contribution in [1.82, 2.24) is 0 Å². The Kier molecular flexibility index (Phi) is 6.32. The first-order valence-corrected chi connectivity index (χ1v) is 5.93. The van der Waals surface area contributed by atoms with Gasteiger partial charge in [0.2, 0.25) is 6.29 Å². The van der Waals surface area contributed by atoms with Crippen molar-refractivity contribution < 1.29 is 24.1 Å². The third-order valence-electron chi connectivity index (χ3n) is 2.18. The highest BCUT2D eigenvalue weighted by molar-refractivity contribution is 5.88. The molecule has 0 aliphatic carbocycles. The Hall–Kier alpha value is -2.14. The maximum Gasteiger partial charge on any atom is 0.373 e. The van der Waals surface area contributed by atoms with Gasteiger partial charge in [0.1, 0.15) is 0 Å². The van der Waals surface area contributed by atoms with Crippen LogP contribution in [0.4, 0.5) is 0 Å². The number of carbonyl (C=O) groups is 2. The highest BCUT2D eigenvalue weighted by atomic mass is 17.2. The maximum atomic E-state index is 11.6. The van der Waals surface area contributed by atoms with E-state index in [1.807, 2.05) is 6.92 Å². The third kappa shape index (κ3) is 5.35. The predicted octanol–water partition coefficient (Wildman–Crippen LogP) is 2.63. The van der Waals surface area contributed by atoms with E-state index in [2.05, 4.69) is 11.5 Å².